The quantitative estimate of drug-likeness (QED) is 0.787. The molecule has 0 radical (unpaired) electrons. The predicted molar refractivity (Wildman–Crippen MR) is 63.8 cm³/mol. The first-order valence-corrected chi connectivity index (χ1v) is 7.23. The molecule has 1 unspecified atom stereocenters. The van der Waals surface area contributed by atoms with E-state index in [2.05, 4.69) is 9.27 Å². The van der Waals surface area contributed by atoms with Crippen molar-refractivity contribution in [3.8, 4) is 0 Å². The van der Waals surface area contributed by atoms with Crippen LogP contribution in [0.5, 0.6) is 0 Å². The van der Waals surface area contributed by atoms with Crippen molar-refractivity contribution in [2.75, 3.05) is 19.6 Å². The lowest BCUT2D eigenvalue weighted by Gasteiger charge is -2.43. The molecular formula is C12H17N3S. The SMILES string of the molecule is C1CC1c1nsc(C2CN3CCC2CC3)n1. The van der Waals surface area contributed by atoms with Crippen LogP contribution >= 0.6 is 11.5 Å². The molecule has 3 nitrogen and oxygen atoms in total. The minimum absolute atomic E-state index is 0.701. The second-order valence-corrected chi connectivity index (χ2v) is 6.29. The molecule has 16 heavy (non-hydrogen) atoms. The van der Waals surface area contributed by atoms with Gasteiger partial charge in [0.1, 0.15) is 10.8 Å². The average molecular weight is 235 g/mol. The molecule has 1 aromatic rings. The molecule has 4 fully saturated rings. The molecule has 4 heteroatoms. The third kappa shape index (κ3) is 1.51. The van der Waals surface area contributed by atoms with E-state index in [1.165, 1.54) is 50.3 Å². The highest BCUT2D eigenvalue weighted by Crippen LogP contribution is 2.42. The number of nitrogens with zero attached hydrogens (tertiary/aromatic N) is 3. The van der Waals surface area contributed by atoms with Crippen LogP contribution in [-0.4, -0.2) is 33.9 Å². The summed E-state index contributed by atoms with van der Waals surface area (Å²) < 4.78 is 4.55. The van der Waals surface area contributed by atoms with Gasteiger partial charge < -0.3 is 4.90 Å². The molecule has 4 heterocycles. The van der Waals surface area contributed by atoms with E-state index in [0.717, 1.165) is 11.7 Å². The lowest BCUT2D eigenvalue weighted by Crippen LogP contribution is -2.46. The monoisotopic (exact) mass is 235 g/mol. The second kappa shape index (κ2) is 3.50. The van der Waals surface area contributed by atoms with Crippen molar-refractivity contribution in [2.24, 2.45) is 5.92 Å². The lowest BCUT2D eigenvalue weighted by atomic mass is 9.79. The number of hydrogen-bond donors (Lipinski definition) is 0. The van der Waals surface area contributed by atoms with Crippen LogP contribution in [0.25, 0.3) is 0 Å². The maximum absolute atomic E-state index is 4.80. The molecule has 2 bridgehead atoms. The number of hydrogen-bond acceptors (Lipinski definition) is 4. The minimum Gasteiger partial charge on any atom is -0.303 e. The van der Waals surface area contributed by atoms with Crippen LogP contribution in [0.2, 0.25) is 0 Å². The molecule has 0 amide bonds. The second-order valence-electron chi connectivity index (χ2n) is 5.51. The van der Waals surface area contributed by atoms with Gasteiger partial charge in [-0.15, -0.1) is 0 Å². The lowest BCUT2D eigenvalue weighted by molar-refractivity contribution is 0.0869. The first-order valence-electron chi connectivity index (χ1n) is 6.46. The van der Waals surface area contributed by atoms with E-state index < -0.39 is 0 Å². The molecule has 0 spiro atoms. The van der Waals surface area contributed by atoms with E-state index in [1.807, 2.05) is 0 Å². The Balaban J connectivity index is 1.59. The summed E-state index contributed by atoms with van der Waals surface area (Å²) in [7, 11) is 0. The van der Waals surface area contributed by atoms with Crippen LogP contribution in [0.4, 0.5) is 0 Å². The highest BCUT2D eigenvalue weighted by Gasteiger charge is 2.37. The van der Waals surface area contributed by atoms with E-state index in [0.29, 0.717) is 11.8 Å². The average Bonchev–Trinajstić information content (AvgIpc) is 3.09. The van der Waals surface area contributed by atoms with Crippen LogP contribution < -0.4 is 0 Å². The van der Waals surface area contributed by atoms with E-state index in [1.54, 1.807) is 11.5 Å². The Morgan fingerprint density at radius 3 is 2.56 bits per heavy atom. The van der Waals surface area contributed by atoms with Crippen molar-refractivity contribution < 1.29 is 0 Å². The molecule has 1 aromatic heterocycles. The largest absolute Gasteiger partial charge is 0.303 e. The van der Waals surface area contributed by atoms with E-state index in [-0.39, 0.29) is 0 Å². The third-order valence-corrected chi connectivity index (χ3v) is 5.23. The van der Waals surface area contributed by atoms with Gasteiger partial charge in [-0.1, -0.05) is 0 Å². The number of piperidine rings is 3. The molecule has 4 aliphatic rings. The van der Waals surface area contributed by atoms with Crippen molar-refractivity contribution in [1.29, 1.82) is 0 Å². The first kappa shape index (κ1) is 9.54. The van der Waals surface area contributed by atoms with Crippen LogP contribution in [0.3, 0.4) is 0 Å². The maximum atomic E-state index is 4.80. The highest BCUT2D eigenvalue weighted by atomic mass is 32.1. The predicted octanol–water partition coefficient (Wildman–Crippen LogP) is 2.22. The van der Waals surface area contributed by atoms with E-state index in [9.17, 15) is 0 Å². The molecule has 5 rings (SSSR count). The summed E-state index contributed by atoms with van der Waals surface area (Å²) in [5, 5.41) is 1.33. The van der Waals surface area contributed by atoms with Crippen molar-refractivity contribution in [1.82, 2.24) is 14.3 Å². The standard InChI is InChI=1S/C12H17N3S/c1-2-9(1)11-13-12(16-14-11)10-7-15-5-3-8(10)4-6-15/h8-10H,1-7H2. The summed E-state index contributed by atoms with van der Waals surface area (Å²) in [6.07, 6.45) is 5.39. The van der Waals surface area contributed by atoms with Gasteiger partial charge in [0.15, 0.2) is 0 Å². The first-order chi connectivity index (χ1) is 7.90. The van der Waals surface area contributed by atoms with Crippen molar-refractivity contribution in [3.05, 3.63) is 10.8 Å². The van der Waals surface area contributed by atoms with E-state index in [4.69, 9.17) is 4.98 Å². The fraction of sp³-hybridized carbons (Fsp3) is 0.833. The zero-order chi connectivity index (χ0) is 10.5. The fourth-order valence-electron chi connectivity index (χ4n) is 3.15. The van der Waals surface area contributed by atoms with Gasteiger partial charge in [-0.2, -0.15) is 4.37 Å². The van der Waals surface area contributed by atoms with Gasteiger partial charge in [0, 0.05) is 18.4 Å². The number of fused-ring (bicyclic) bond motifs is 3. The van der Waals surface area contributed by atoms with Crippen LogP contribution in [0.15, 0.2) is 0 Å². The smallest absolute Gasteiger partial charge is 0.145 e. The zero-order valence-electron chi connectivity index (χ0n) is 9.43. The summed E-state index contributed by atoms with van der Waals surface area (Å²) in [4.78, 5) is 7.40. The third-order valence-electron chi connectivity index (χ3n) is 4.37. The summed E-state index contributed by atoms with van der Waals surface area (Å²) in [5.74, 6) is 3.46. The minimum atomic E-state index is 0.701. The van der Waals surface area contributed by atoms with Gasteiger partial charge in [-0.25, -0.2) is 4.98 Å². The summed E-state index contributed by atoms with van der Waals surface area (Å²) in [6, 6.07) is 0. The van der Waals surface area contributed by atoms with Gasteiger partial charge in [-0.3, -0.25) is 0 Å². The summed E-state index contributed by atoms with van der Waals surface area (Å²) >= 11 is 1.68. The molecule has 1 aliphatic carbocycles. The molecule has 3 saturated heterocycles. The topological polar surface area (TPSA) is 29.0 Å². The molecule has 0 N–H and O–H groups in total. The molecule has 0 aromatic carbocycles. The molecule has 3 aliphatic heterocycles. The Bertz CT molecular complexity index is 391. The molecule has 1 saturated carbocycles. The molecule has 86 valence electrons. The fourth-order valence-corrected chi connectivity index (χ4v) is 4.06. The van der Waals surface area contributed by atoms with Crippen molar-refractivity contribution in [3.63, 3.8) is 0 Å². The Kier molecular flexibility index (Phi) is 2.09. The van der Waals surface area contributed by atoms with E-state index >= 15 is 0 Å². The van der Waals surface area contributed by atoms with Gasteiger partial charge in [0.25, 0.3) is 0 Å². The van der Waals surface area contributed by atoms with Gasteiger partial charge in [0.2, 0.25) is 0 Å². The Labute approximate surface area is 100 Å². The Morgan fingerprint density at radius 2 is 1.94 bits per heavy atom. The normalized spacial score (nSPS) is 37.9. The Morgan fingerprint density at radius 1 is 1.12 bits per heavy atom. The highest BCUT2D eigenvalue weighted by molar-refractivity contribution is 7.05. The van der Waals surface area contributed by atoms with Gasteiger partial charge in [0.05, 0.1) is 0 Å². The summed E-state index contributed by atoms with van der Waals surface area (Å²) in [5.41, 5.74) is 0. The van der Waals surface area contributed by atoms with Crippen LogP contribution in [0, 0.1) is 5.92 Å². The van der Waals surface area contributed by atoms with Crippen LogP contribution in [0.1, 0.15) is 48.4 Å². The molecule has 1 atom stereocenters. The van der Waals surface area contributed by atoms with Gasteiger partial charge in [-0.05, 0) is 56.2 Å². The van der Waals surface area contributed by atoms with Gasteiger partial charge >= 0.3 is 0 Å². The Hall–Kier alpha value is -0.480. The zero-order valence-corrected chi connectivity index (χ0v) is 10.2. The number of rotatable bonds is 2. The van der Waals surface area contributed by atoms with Crippen molar-refractivity contribution in [2.45, 2.75) is 37.5 Å². The molecular weight excluding hydrogens is 218 g/mol. The number of aromatic nitrogens is 2. The summed E-state index contributed by atoms with van der Waals surface area (Å²) in [6.45, 7) is 3.87. The van der Waals surface area contributed by atoms with Crippen LogP contribution in [-0.2, 0) is 0 Å². The van der Waals surface area contributed by atoms with Crippen molar-refractivity contribution >= 4 is 11.5 Å². The maximum Gasteiger partial charge on any atom is 0.145 e.